The van der Waals surface area contributed by atoms with Crippen molar-refractivity contribution in [3.63, 3.8) is 0 Å². The van der Waals surface area contributed by atoms with Crippen molar-refractivity contribution in [2.45, 2.75) is 11.7 Å². The first-order valence-corrected chi connectivity index (χ1v) is 9.66. The lowest BCUT2D eigenvalue weighted by Gasteiger charge is -2.32. The van der Waals surface area contributed by atoms with Gasteiger partial charge in [0.15, 0.2) is 5.54 Å². The number of carbonyl (C=O) groups is 1. The number of aliphatic hydroxyl groups excluding tert-OH is 2. The molecule has 33 heavy (non-hydrogen) atoms. The topological polar surface area (TPSA) is 104 Å². The van der Waals surface area contributed by atoms with Crippen molar-refractivity contribution in [3.8, 4) is 16.9 Å². The fourth-order valence-corrected chi connectivity index (χ4v) is 2.99. The molecule has 0 atom stereocenters. The summed E-state index contributed by atoms with van der Waals surface area (Å²) in [6.45, 7) is -3.35. The molecule has 12 heteroatoms. The molecular weight excluding hydrogens is 470 g/mol. The van der Waals surface area contributed by atoms with Crippen LogP contribution in [0.4, 0.5) is 17.6 Å². The lowest BCUT2D eigenvalue weighted by molar-refractivity contribution is -0.213. The molecule has 0 saturated heterocycles. The highest BCUT2D eigenvalue weighted by atomic mass is 35.5. The van der Waals surface area contributed by atoms with E-state index in [0.717, 1.165) is 18.2 Å². The summed E-state index contributed by atoms with van der Waals surface area (Å²) in [7, 11) is 0. The molecule has 0 aliphatic rings. The standard InChI is InChI=1S/C21H16ClF4N3O4/c22-13-6-4-12(5-7-13)17-9-16(18(32)27-20(10-30,11-31)21(24,25)26)19(33)29(28-17)15-3-1-2-14(23)8-15/h1-9,30-31H,10-11H2,(H,27,32). The third-order valence-electron chi connectivity index (χ3n) is 4.78. The molecule has 0 radical (unpaired) electrons. The van der Waals surface area contributed by atoms with E-state index in [2.05, 4.69) is 5.10 Å². The van der Waals surface area contributed by atoms with Crippen LogP contribution in [0, 0.1) is 5.82 Å². The Bertz CT molecular complexity index is 1230. The van der Waals surface area contributed by atoms with Crippen molar-refractivity contribution in [2.24, 2.45) is 0 Å². The molecule has 1 amide bonds. The number of carbonyl (C=O) groups excluding carboxylic acids is 1. The van der Waals surface area contributed by atoms with Gasteiger partial charge in [-0.3, -0.25) is 9.59 Å². The number of hydrogen-bond donors (Lipinski definition) is 3. The lowest BCUT2D eigenvalue weighted by atomic mass is 10.0. The minimum absolute atomic E-state index is 0.00807. The van der Waals surface area contributed by atoms with Gasteiger partial charge >= 0.3 is 6.18 Å². The molecule has 3 rings (SSSR count). The quantitative estimate of drug-likeness (QED) is 0.466. The zero-order valence-corrected chi connectivity index (χ0v) is 17.4. The summed E-state index contributed by atoms with van der Waals surface area (Å²) in [6.07, 6.45) is -5.24. The van der Waals surface area contributed by atoms with E-state index >= 15 is 0 Å². The molecular formula is C21H16ClF4N3O4. The first-order chi connectivity index (χ1) is 15.5. The van der Waals surface area contributed by atoms with Crippen LogP contribution in [-0.4, -0.2) is 50.8 Å². The van der Waals surface area contributed by atoms with Crippen LogP contribution in [0.25, 0.3) is 16.9 Å². The maximum atomic E-state index is 13.7. The molecule has 7 nitrogen and oxygen atoms in total. The molecule has 0 fully saturated rings. The summed E-state index contributed by atoms with van der Waals surface area (Å²) in [6, 6.07) is 11.6. The Balaban J connectivity index is 2.20. The van der Waals surface area contributed by atoms with Gasteiger partial charge in [0, 0.05) is 10.6 Å². The van der Waals surface area contributed by atoms with Gasteiger partial charge in [0.2, 0.25) is 0 Å². The summed E-state index contributed by atoms with van der Waals surface area (Å²) in [4.78, 5) is 25.7. The van der Waals surface area contributed by atoms with Gasteiger partial charge in [-0.25, -0.2) is 4.39 Å². The molecule has 1 aromatic heterocycles. The summed E-state index contributed by atoms with van der Waals surface area (Å²) in [5.74, 6) is -2.25. The normalized spacial score (nSPS) is 12.0. The van der Waals surface area contributed by atoms with E-state index < -0.39 is 47.8 Å². The van der Waals surface area contributed by atoms with Gasteiger partial charge in [-0.15, -0.1) is 0 Å². The Kier molecular flexibility index (Phi) is 6.86. The third-order valence-corrected chi connectivity index (χ3v) is 5.04. The number of rotatable bonds is 6. The number of hydrogen-bond acceptors (Lipinski definition) is 5. The Labute approximate surface area is 188 Å². The maximum absolute atomic E-state index is 13.7. The van der Waals surface area contributed by atoms with E-state index in [-0.39, 0.29) is 11.4 Å². The minimum atomic E-state index is -5.24. The van der Waals surface area contributed by atoms with E-state index in [1.807, 2.05) is 0 Å². The van der Waals surface area contributed by atoms with E-state index in [9.17, 15) is 37.4 Å². The van der Waals surface area contributed by atoms with Crippen LogP contribution >= 0.6 is 11.6 Å². The van der Waals surface area contributed by atoms with Crippen molar-refractivity contribution >= 4 is 17.5 Å². The zero-order valence-electron chi connectivity index (χ0n) is 16.6. The van der Waals surface area contributed by atoms with E-state index in [0.29, 0.717) is 15.3 Å². The monoisotopic (exact) mass is 485 g/mol. The molecule has 0 aliphatic carbocycles. The smallest absolute Gasteiger partial charge is 0.393 e. The number of aliphatic hydroxyl groups is 2. The molecule has 2 aromatic carbocycles. The summed E-state index contributed by atoms with van der Waals surface area (Å²) < 4.78 is 54.7. The number of halogens is 5. The van der Waals surface area contributed by atoms with Crippen molar-refractivity contribution in [3.05, 3.63) is 81.4 Å². The molecule has 3 N–H and O–H groups in total. The molecule has 0 aliphatic heterocycles. The molecule has 0 bridgehead atoms. The van der Waals surface area contributed by atoms with Crippen molar-refractivity contribution < 1.29 is 32.6 Å². The zero-order chi connectivity index (χ0) is 24.4. The minimum Gasteiger partial charge on any atom is -0.393 e. The molecule has 1 heterocycles. The second-order valence-corrected chi connectivity index (χ2v) is 7.43. The van der Waals surface area contributed by atoms with Gasteiger partial charge in [-0.2, -0.15) is 23.0 Å². The van der Waals surface area contributed by atoms with E-state index in [4.69, 9.17) is 11.6 Å². The molecule has 0 unspecified atom stereocenters. The largest absolute Gasteiger partial charge is 0.416 e. The number of alkyl halides is 3. The van der Waals surface area contributed by atoms with Crippen molar-refractivity contribution in [1.82, 2.24) is 15.1 Å². The second kappa shape index (κ2) is 9.30. The van der Waals surface area contributed by atoms with E-state index in [1.54, 1.807) is 0 Å². The van der Waals surface area contributed by atoms with Crippen LogP contribution in [0.2, 0.25) is 5.02 Å². The number of nitrogens with zero attached hydrogens (tertiary/aromatic N) is 2. The highest BCUT2D eigenvalue weighted by Crippen LogP contribution is 2.30. The Hall–Kier alpha value is -3.28. The SMILES string of the molecule is O=C(NC(CO)(CO)C(F)(F)F)c1cc(-c2ccc(Cl)cc2)nn(-c2cccc(F)c2)c1=O. The van der Waals surface area contributed by atoms with E-state index in [1.165, 1.54) is 41.7 Å². The lowest BCUT2D eigenvalue weighted by Crippen LogP contribution is -2.64. The van der Waals surface area contributed by atoms with Gasteiger partial charge < -0.3 is 15.5 Å². The first-order valence-electron chi connectivity index (χ1n) is 9.28. The van der Waals surface area contributed by atoms with Crippen LogP contribution in [-0.2, 0) is 0 Å². The summed E-state index contributed by atoms with van der Waals surface area (Å²) >= 11 is 5.86. The van der Waals surface area contributed by atoms with Crippen molar-refractivity contribution in [2.75, 3.05) is 13.2 Å². The van der Waals surface area contributed by atoms with Gasteiger partial charge in [0.25, 0.3) is 11.5 Å². The first kappa shape index (κ1) is 24.4. The molecule has 3 aromatic rings. The average Bonchev–Trinajstić information content (AvgIpc) is 2.77. The fraction of sp³-hybridized carbons (Fsp3) is 0.190. The number of benzene rings is 2. The van der Waals surface area contributed by atoms with Crippen molar-refractivity contribution in [1.29, 1.82) is 0 Å². The second-order valence-electron chi connectivity index (χ2n) is 7.00. The van der Waals surface area contributed by atoms with Gasteiger partial charge in [0.05, 0.1) is 24.6 Å². The van der Waals surface area contributed by atoms with Gasteiger partial charge in [-0.05, 0) is 36.4 Å². The average molecular weight is 486 g/mol. The van der Waals surface area contributed by atoms with Gasteiger partial charge in [-0.1, -0.05) is 29.8 Å². The number of aromatic nitrogens is 2. The fourth-order valence-electron chi connectivity index (χ4n) is 2.87. The van der Waals surface area contributed by atoms with Crippen LogP contribution in [0.3, 0.4) is 0 Å². The summed E-state index contributed by atoms with van der Waals surface area (Å²) in [5.41, 5.74) is -5.07. The number of nitrogens with one attached hydrogen (secondary N) is 1. The van der Waals surface area contributed by atoms with Crippen LogP contribution in [0.1, 0.15) is 10.4 Å². The van der Waals surface area contributed by atoms with Crippen LogP contribution in [0.5, 0.6) is 0 Å². The molecule has 174 valence electrons. The Morgan fingerprint density at radius 1 is 1.06 bits per heavy atom. The highest BCUT2D eigenvalue weighted by Gasteiger charge is 2.55. The highest BCUT2D eigenvalue weighted by molar-refractivity contribution is 6.30. The predicted octanol–water partition coefficient (Wildman–Crippen LogP) is 2.71. The Morgan fingerprint density at radius 2 is 1.70 bits per heavy atom. The van der Waals surface area contributed by atoms with Crippen LogP contribution in [0.15, 0.2) is 59.4 Å². The Morgan fingerprint density at radius 3 is 2.24 bits per heavy atom. The maximum Gasteiger partial charge on any atom is 0.416 e. The summed E-state index contributed by atoms with van der Waals surface area (Å²) in [5, 5.41) is 24.5. The molecule has 0 saturated carbocycles. The third kappa shape index (κ3) is 4.90. The van der Waals surface area contributed by atoms with Gasteiger partial charge in [0.1, 0.15) is 11.4 Å². The number of amides is 1. The van der Waals surface area contributed by atoms with Crippen LogP contribution < -0.4 is 10.9 Å². The predicted molar refractivity (Wildman–Crippen MR) is 111 cm³/mol. The molecule has 0 spiro atoms.